The second-order valence-corrected chi connectivity index (χ2v) is 6.28. The summed E-state index contributed by atoms with van der Waals surface area (Å²) in [5, 5.41) is 13.0. The maximum Gasteiger partial charge on any atom is 0.418 e. The Morgan fingerprint density at radius 2 is 1.90 bits per heavy atom. The van der Waals surface area contributed by atoms with Gasteiger partial charge in [-0.15, -0.1) is 0 Å². The molecule has 154 valence electrons. The zero-order valence-electron chi connectivity index (χ0n) is 14.8. The third-order valence-electron chi connectivity index (χ3n) is 3.75. The van der Waals surface area contributed by atoms with Crippen LogP contribution in [0.15, 0.2) is 42.5 Å². The summed E-state index contributed by atoms with van der Waals surface area (Å²) in [6, 6.07) is 8.35. The molecule has 0 aliphatic rings. The van der Waals surface area contributed by atoms with Crippen LogP contribution in [0.5, 0.6) is 0 Å². The van der Waals surface area contributed by atoms with E-state index < -0.39 is 46.0 Å². The molecule has 0 bridgehead atoms. The maximum atomic E-state index is 13.2. The predicted octanol–water partition coefficient (Wildman–Crippen LogP) is 4.38. The molecule has 0 heterocycles. The van der Waals surface area contributed by atoms with Crippen LogP contribution < -0.4 is 5.32 Å². The summed E-state index contributed by atoms with van der Waals surface area (Å²) in [4.78, 5) is 33.8. The molecule has 1 atom stereocenters. The standard InChI is InChI=1S/C18H14ClF3N2O5/c1-10(29-16(25)8-11-4-2-3-5-14(11)19)17(26)23-15-7-6-12(24(27)28)9-13(15)18(20,21)22/h2-7,9-10H,8H2,1H3,(H,23,26). The highest BCUT2D eigenvalue weighted by Gasteiger charge is 2.36. The van der Waals surface area contributed by atoms with E-state index in [9.17, 15) is 32.9 Å². The fraction of sp³-hybridized carbons (Fsp3) is 0.222. The Morgan fingerprint density at radius 1 is 1.24 bits per heavy atom. The van der Waals surface area contributed by atoms with Crippen LogP contribution in [0, 0.1) is 10.1 Å². The summed E-state index contributed by atoms with van der Waals surface area (Å²) in [7, 11) is 0. The molecule has 0 spiro atoms. The van der Waals surface area contributed by atoms with Crippen molar-refractivity contribution in [1.29, 1.82) is 0 Å². The van der Waals surface area contributed by atoms with E-state index in [0.29, 0.717) is 16.7 Å². The molecule has 0 fully saturated rings. The van der Waals surface area contributed by atoms with Crippen molar-refractivity contribution in [3.63, 3.8) is 0 Å². The summed E-state index contributed by atoms with van der Waals surface area (Å²) in [5.41, 5.74) is -2.41. The van der Waals surface area contributed by atoms with Crippen LogP contribution in [-0.2, 0) is 26.9 Å². The monoisotopic (exact) mass is 430 g/mol. The number of benzene rings is 2. The van der Waals surface area contributed by atoms with E-state index >= 15 is 0 Å². The average Bonchev–Trinajstić information content (AvgIpc) is 2.62. The lowest BCUT2D eigenvalue weighted by molar-refractivity contribution is -0.385. The Hall–Kier alpha value is -3.14. The van der Waals surface area contributed by atoms with Gasteiger partial charge in [0, 0.05) is 17.2 Å². The van der Waals surface area contributed by atoms with Gasteiger partial charge in [-0.05, 0) is 24.6 Å². The minimum absolute atomic E-state index is 0.234. The number of anilines is 1. The molecule has 0 saturated heterocycles. The largest absolute Gasteiger partial charge is 0.452 e. The molecule has 1 amide bonds. The van der Waals surface area contributed by atoms with E-state index in [0.717, 1.165) is 12.1 Å². The predicted molar refractivity (Wildman–Crippen MR) is 97.4 cm³/mol. The van der Waals surface area contributed by atoms with Crippen molar-refractivity contribution in [3.8, 4) is 0 Å². The van der Waals surface area contributed by atoms with Crippen molar-refractivity contribution in [2.45, 2.75) is 25.6 Å². The number of nitro groups is 1. The third-order valence-corrected chi connectivity index (χ3v) is 4.12. The number of carbonyl (C=O) groups excluding carboxylic acids is 2. The Labute approximate surface area is 167 Å². The minimum atomic E-state index is -4.95. The Balaban J connectivity index is 2.10. The van der Waals surface area contributed by atoms with Gasteiger partial charge in [0.2, 0.25) is 0 Å². The van der Waals surface area contributed by atoms with Gasteiger partial charge in [-0.3, -0.25) is 19.7 Å². The highest BCUT2D eigenvalue weighted by Crippen LogP contribution is 2.37. The molecule has 2 aromatic rings. The van der Waals surface area contributed by atoms with E-state index in [-0.39, 0.29) is 6.42 Å². The van der Waals surface area contributed by atoms with Crippen LogP contribution in [0.1, 0.15) is 18.1 Å². The fourth-order valence-electron chi connectivity index (χ4n) is 2.31. The molecule has 11 heteroatoms. The van der Waals surface area contributed by atoms with Gasteiger partial charge in [0.1, 0.15) is 0 Å². The van der Waals surface area contributed by atoms with Crippen LogP contribution in [0.2, 0.25) is 5.02 Å². The highest BCUT2D eigenvalue weighted by atomic mass is 35.5. The lowest BCUT2D eigenvalue weighted by atomic mass is 10.1. The van der Waals surface area contributed by atoms with E-state index in [1.165, 1.54) is 6.92 Å². The zero-order chi connectivity index (χ0) is 21.8. The summed E-state index contributed by atoms with van der Waals surface area (Å²) in [6.07, 6.45) is -6.59. The number of carbonyl (C=O) groups is 2. The number of ether oxygens (including phenoxy) is 1. The summed E-state index contributed by atoms with van der Waals surface area (Å²) in [6.45, 7) is 1.18. The number of alkyl halides is 3. The van der Waals surface area contributed by atoms with E-state index in [4.69, 9.17) is 16.3 Å². The number of hydrogen-bond donors (Lipinski definition) is 1. The molecule has 29 heavy (non-hydrogen) atoms. The molecule has 0 aliphatic heterocycles. The molecule has 0 aliphatic carbocycles. The van der Waals surface area contributed by atoms with E-state index in [1.54, 1.807) is 24.3 Å². The van der Waals surface area contributed by atoms with Gasteiger partial charge in [-0.1, -0.05) is 29.8 Å². The number of rotatable bonds is 6. The van der Waals surface area contributed by atoms with Gasteiger partial charge in [0.15, 0.2) is 6.10 Å². The second-order valence-electron chi connectivity index (χ2n) is 5.87. The Kier molecular flexibility index (Phi) is 6.80. The van der Waals surface area contributed by atoms with Crippen molar-refractivity contribution in [2.75, 3.05) is 5.32 Å². The first kappa shape index (κ1) is 22.2. The van der Waals surface area contributed by atoms with Gasteiger partial charge in [0.05, 0.1) is 22.6 Å². The second kappa shape index (κ2) is 8.91. The number of non-ortho nitro benzene ring substituents is 1. The van der Waals surface area contributed by atoms with Crippen molar-refractivity contribution in [1.82, 2.24) is 0 Å². The van der Waals surface area contributed by atoms with E-state index in [1.807, 2.05) is 5.32 Å². The molecule has 0 saturated carbocycles. The molecule has 2 aromatic carbocycles. The van der Waals surface area contributed by atoms with Crippen LogP contribution in [0.25, 0.3) is 0 Å². The van der Waals surface area contributed by atoms with Gasteiger partial charge >= 0.3 is 12.1 Å². The van der Waals surface area contributed by atoms with Gasteiger partial charge in [-0.25, -0.2) is 0 Å². The first-order valence-corrected chi connectivity index (χ1v) is 8.46. The molecule has 0 radical (unpaired) electrons. The lowest BCUT2D eigenvalue weighted by Gasteiger charge is -2.17. The fourth-order valence-corrected chi connectivity index (χ4v) is 2.52. The third kappa shape index (κ3) is 5.92. The lowest BCUT2D eigenvalue weighted by Crippen LogP contribution is -2.31. The number of amides is 1. The van der Waals surface area contributed by atoms with Gasteiger partial charge in [-0.2, -0.15) is 13.2 Å². The highest BCUT2D eigenvalue weighted by molar-refractivity contribution is 6.31. The van der Waals surface area contributed by atoms with Gasteiger partial charge < -0.3 is 10.1 Å². The normalized spacial score (nSPS) is 12.2. The molecule has 1 unspecified atom stereocenters. The Morgan fingerprint density at radius 3 is 2.48 bits per heavy atom. The van der Waals surface area contributed by atoms with Crippen LogP contribution >= 0.6 is 11.6 Å². The Bertz CT molecular complexity index is 949. The first-order valence-electron chi connectivity index (χ1n) is 8.08. The number of nitro benzene ring substituents is 1. The first-order chi connectivity index (χ1) is 13.5. The van der Waals surface area contributed by atoms with Crippen molar-refractivity contribution in [2.24, 2.45) is 0 Å². The molecule has 7 nitrogen and oxygen atoms in total. The summed E-state index contributed by atoms with van der Waals surface area (Å²) >= 11 is 5.93. The quantitative estimate of drug-likeness (QED) is 0.416. The van der Waals surface area contributed by atoms with E-state index in [2.05, 4.69) is 0 Å². The van der Waals surface area contributed by atoms with Crippen molar-refractivity contribution >= 4 is 34.9 Å². The van der Waals surface area contributed by atoms with Crippen LogP contribution in [0.4, 0.5) is 24.5 Å². The van der Waals surface area contributed by atoms with Crippen molar-refractivity contribution < 1.29 is 32.4 Å². The summed E-state index contributed by atoms with van der Waals surface area (Å²) < 4.78 is 44.4. The molecule has 1 N–H and O–H groups in total. The molecular weight excluding hydrogens is 417 g/mol. The van der Waals surface area contributed by atoms with Crippen molar-refractivity contribution in [3.05, 3.63) is 68.7 Å². The number of nitrogens with one attached hydrogen (secondary N) is 1. The van der Waals surface area contributed by atoms with Crippen LogP contribution in [-0.4, -0.2) is 22.9 Å². The summed E-state index contributed by atoms with van der Waals surface area (Å²) in [5.74, 6) is -1.84. The topological polar surface area (TPSA) is 98.5 Å². The SMILES string of the molecule is CC(OC(=O)Cc1ccccc1Cl)C(=O)Nc1ccc([N+](=O)[O-])cc1C(F)(F)F. The zero-order valence-corrected chi connectivity index (χ0v) is 15.6. The van der Waals surface area contributed by atoms with Gasteiger partial charge in [0.25, 0.3) is 11.6 Å². The van der Waals surface area contributed by atoms with Crippen LogP contribution in [0.3, 0.4) is 0 Å². The molecule has 2 rings (SSSR count). The maximum absolute atomic E-state index is 13.2. The molecule has 0 aromatic heterocycles. The number of hydrogen-bond acceptors (Lipinski definition) is 5. The molecular formula is C18H14ClF3N2O5. The average molecular weight is 431 g/mol. The number of halogens is 4. The minimum Gasteiger partial charge on any atom is -0.452 e. The number of esters is 1. The smallest absolute Gasteiger partial charge is 0.418 e. The number of nitrogens with zero attached hydrogens (tertiary/aromatic N) is 1.